The van der Waals surface area contributed by atoms with Gasteiger partial charge in [-0.1, -0.05) is 0 Å². The van der Waals surface area contributed by atoms with Gasteiger partial charge in [0.2, 0.25) is 0 Å². The number of nitrogens with two attached hydrogens (primary N) is 1. The van der Waals surface area contributed by atoms with Crippen LogP contribution >= 0.6 is 0 Å². The third kappa shape index (κ3) is 1.87. The smallest absolute Gasteiger partial charge is 0.150 e. The Kier molecular flexibility index (Phi) is 2.62. The fourth-order valence-corrected chi connectivity index (χ4v) is 0.0321. The SMILES string of the molecule is CC(C=O)ON. The maximum absolute atomic E-state index is 9.53. The summed E-state index contributed by atoms with van der Waals surface area (Å²) in [5, 5.41) is 0. The van der Waals surface area contributed by atoms with Crippen LogP contribution in [0.5, 0.6) is 0 Å². The Bertz CT molecular complexity index is 46.1. The minimum atomic E-state index is -0.468. The van der Waals surface area contributed by atoms with Crippen molar-refractivity contribution in [3.63, 3.8) is 0 Å². The molecule has 3 heteroatoms. The lowest BCUT2D eigenvalue weighted by Crippen LogP contribution is -2.13. The second kappa shape index (κ2) is 2.81. The average Bonchev–Trinajstić information content (AvgIpc) is 1.65. The van der Waals surface area contributed by atoms with Crippen LogP contribution in [-0.2, 0) is 9.63 Å². The lowest BCUT2D eigenvalue weighted by atomic mass is 10.5. The molecule has 0 aromatic heterocycles. The summed E-state index contributed by atoms with van der Waals surface area (Å²) in [7, 11) is 0. The molecule has 0 aliphatic carbocycles. The van der Waals surface area contributed by atoms with Gasteiger partial charge < -0.3 is 4.79 Å². The number of hydrogen-bond donors (Lipinski definition) is 1. The Balaban J connectivity index is 2.96. The molecule has 0 radical (unpaired) electrons. The van der Waals surface area contributed by atoms with Gasteiger partial charge >= 0.3 is 0 Å². The lowest BCUT2D eigenvalue weighted by Gasteiger charge is -1.92. The molecule has 3 nitrogen and oxygen atoms in total. The van der Waals surface area contributed by atoms with Crippen LogP contribution in [0.1, 0.15) is 6.92 Å². The quantitative estimate of drug-likeness (QED) is 0.365. The molecule has 0 aliphatic heterocycles. The van der Waals surface area contributed by atoms with Crippen molar-refractivity contribution in [1.82, 2.24) is 0 Å². The Morgan fingerprint density at radius 3 is 2.50 bits per heavy atom. The molecular weight excluding hydrogens is 82.0 g/mol. The summed E-state index contributed by atoms with van der Waals surface area (Å²) in [5.41, 5.74) is 0. The van der Waals surface area contributed by atoms with E-state index >= 15 is 0 Å². The maximum atomic E-state index is 9.53. The summed E-state index contributed by atoms with van der Waals surface area (Å²) in [6.07, 6.45) is 0.157. The molecule has 0 amide bonds. The van der Waals surface area contributed by atoms with Crippen molar-refractivity contribution in [2.45, 2.75) is 13.0 Å². The van der Waals surface area contributed by atoms with Gasteiger partial charge in [-0.3, -0.25) is 4.84 Å². The molecule has 0 saturated heterocycles. The van der Waals surface area contributed by atoms with Crippen LogP contribution in [0, 0.1) is 0 Å². The second-order valence-corrected chi connectivity index (χ2v) is 0.977. The topological polar surface area (TPSA) is 52.3 Å². The summed E-state index contributed by atoms with van der Waals surface area (Å²) in [6, 6.07) is 0. The number of hydrogen-bond acceptors (Lipinski definition) is 3. The fraction of sp³-hybridized carbons (Fsp3) is 0.667. The van der Waals surface area contributed by atoms with Crippen LogP contribution in [0.15, 0.2) is 0 Å². The van der Waals surface area contributed by atoms with Gasteiger partial charge in [-0.15, -0.1) is 0 Å². The first-order valence-corrected chi connectivity index (χ1v) is 1.62. The van der Waals surface area contributed by atoms with Gasteiger partial charge in [0, 0.05) is 0 Å². The largest absolute Gasteiger partial charge is 0.300 e. The van der Waals surface area contributed by atoms with Crippen molar-refractivity contribution in [2.75, 3.05) is 0 Å². The van der Waals surface area contributed by atoms with E-state index in [1.165, 1.54) is 0 Å². The van der Waals surface area contributed by atoms with E-state index in [1.807, 2.05) is 0 Å². The van der Waals surface area contributed by atoms with E-state index in [2.05, 4.69) is 10.7 Å². The standard InChI is InChI=1S/C3H7NO2/c1-3(2-5)6-4/h2-3H,4H2,1H3. The van der Waals surface area contributed by atoms with Crippen LogP contribution < -0.4 is 5.90 Å². The van der Waals surface area contributed by atoms with Gasteiger partial charge in [-0.05, 0) is 6.92 Å². The van der Waals surface area contributed by atoms with Gasteiger partial charge in [-0.25, -0.2) is 5.90 Å². The van der Waals surface area contributed by atoms with Gasteiger partial charge in [-0.2, -0.15) is 0 Å². The molecule has 0 bridgehead atoms. The first kappa shape index (κ1) is 5.59. The summed E-state index contributed by atoms with van der Waals surface area (Å²) in [4.78, 5) is 13.6. The highest BCUT2D eigenvalue weighted by Crippen LogP contribution is 1.72. The molecule has 6 heavy (non-hydrogen) atoms. The Hall–Kier alpha value is -0.410. The molecule has 0 aromatic carbocycles. The predicted molar refractivity (Wildman–Crippen MR) is 20.8 cm³/mol. The molecule has 0 saturated carbocycles. The molecular formula is C3H7NO2. The third-order valence-corrected chi connectivity index (χ3v) is 0.406. The summed E-state index contributed by atoms with van der Waals surface area (Å²) in [5.74, 6) is 4.55. The molecule has 0 rings (SSSR count). The zero-order valence-corrected chi connectivity index (χ0v) is 3.55. The van der Waals surface area contributed by atoms with Crippen molar-refractivity contribution in [2.24, 2.45) is 5.90 Å². The Morgan fingerprint density at radius 1 is 2.00 bits per heavy atom. The van der Waals surface area contributed by atoms with Gasteiger partial charge in [0.05, 0.1) is 0 Å². The van der Waals surface area contributed by atoms with E-state index in [0.717, 1.165) is 0 Å². The van der Waals surface area contributed by atoms with E-state index in [9.17, 15) is 4.79 Å². The van der Waals surface area contributed by atoms with Gasteiger partial charge in [0.1, 0.15) is 6.10 Å². The molecule has 0 aliphatic rings. The van der Waals surface area contributed by atoms with E-state index in [-0.39, 0.29) is 0 Å². The predicted octanol–water partition coefficient (Wildman–Crippen LogP) is -0.536. The molecule has 0 fully saturated rings. The lowest BCUT2D eigenvalue weighted by molar-refractivity contribution is -0.117. The van der Waals surface area contributed by atoms with Crippen molar-refractivity contribution in [3.8, 4) is 0 Å². The first-order valence-electron chi connectivity index (χ1n) is 1.62. The second-order valence-electron chi connectivity index (χ2n) is 0.977. The number of aldehydes is 1. The summed E-state index contributed by atoms with van der Waals surface area (Å²) >= 11 is 0. The average molecular weight is 89.1 g/mol. The normalized spacial score (nSPS) is 13.7. The zero-order chi connectivity index (χ0) is 4.99. The monoisotopic (exact) mass is 89.0 g/mol. The highest BCUT2D eigenvalue weighted by Gasteiger charge is 1.90. The van der Waals surface area contributed by atoms with Crippen molar-refractivity contribution in [3.05, 3.63) is 0 Å². The highest BCUT2D eigenvalue weighted by molar-refractivity contribution is 5.54. The minimum Gasteiger partial charge on any atom is -0.300 e. The molecule has 36 valence electrons. The third-order valence-electron chi connectivity index (χ3n) is 0.406. The zero-order valence-electron chi connectivity index (χ0n) is 3.55. The summed E-state index contributed by atoms with van der Waals surface area (Å²) < 4.78 is 0. The number of rotatable bonds is 2. The molecule has 0 spiro atoms. The van der Waals surface area contributed by atoms with Crippen molar-refractivity contribution < 1.29 is 9.63 Å². The van der Waals surface area contributed by atoms with Crippen LogP contribution in [0.4, 0.5) is 0 Å². The molecule has 0 heterocycles. The molecule has 1 unspecified atom stereocenters. The van der Waals surface area contributed by atoms with Gasteiger partial charge in [0.25, 0.3) is 0 Å². The van der Waals surface area contributed by atoms with E-state index in [4.69, 9.17) is 0 Å². The number of carbonyl (C=O) groups is 1. The van der Waals surface area contributed by atoms with Crippen LogP contribution in [0.25, 0.3) is 0 Å². The molecule has 0 aromatic rings. The molecule has 1 atom stereocenters. The van der Waals surface area contributed by atoms with Crippen LogP contribution in [0.2, 0.25) is 0 Å². The number of carbonyl (C=O) groups excluding carboxylic acids is 1. The highest BCUT2D eigenvalue weighted by atomic mass is 16.6. The summed E-state index contributed by atoms with van der Waals surface area (Å²) in [6.45, 7) is 1.56. The van der Waals surface area contributed by atoms with E-state index < -0.39 is 6.10 Å². The fourth-order valence-electron chi connectivity index (χ4n) is 0.0321. The van der Waals surface area contributed by atoms with Crippen LogP contribution in [-0.4, -0.2) is 12.4 Å². The first-order chi connectivity index (χ1) is 2.81. The van der Waals surface area contributed by atoms with Crippen LogP contribution in [0.3, 0.4) is 0 Å². The van der Waals surface area contributed by atoms with Crippen molar-refractivity contribution in [1.29, 1.82) is 0 Å². The Labute approximate surface area is 36.0 Å². The van der Waals surface area contributed by atoms with E-state index in [1.54, 1.807) is 6.92 Å². The Morgan fingerprint density at radius 2 is 2.50 bits per heavy atom. The maximum Gasteiger partial charge on any atom is 0.150 e. The minimum absolute atomic E-state index is 0.468. The van der Waals surface area contributed by atoms with Gasteiger partial charge in [0.15, 0.2) is 6.29 Å². The molecule has 2 N–H and O–H groups in total. The van der Waals surface area contributed by atoms with Crippen molar-refractivity contribution >= 4 is 6.29 Å². The van der Waals surface area contributed by atoms with E-state index in [0.29, 0.717) is 6.29 Å².